The Morgan fingerprint density at radius 2 is 2.11 bits per heavy atom. The summed E-state index contributed by atoms with van der Waals surface area (Å²) in [6.07, 6.45) is 0. The van der Waals surface area contributed by atoms with E-state index in [-0.39, 0.29) is 0 Å². The van der Waals surface area contributed by atoms with Crippen molar-refractivity contribution < 1.29 is 5.11 Å². The van der Waals surface area contributed by atoms with Crippen LogP contribution in [0.4, 0.5) is 0 Å². The van der Waals surface area contributed by atoms with Gasteiger partial charge in [0.1, 0.15) is 5.75 Å². The molecule has 0 spiro atoms. The van der Waals surface area contributed by atoms with Crippen LogP contribution >= 0.6 is 11.3 Å². The lowest BCUT2D eigenvalue weighted by Crippen LogP contribution is -2.21. The molecule has 0 aliphatic heterocycles. The molecule has 0 aliphatic rings. The summed E-state index contributed by atoms with van der Waals surface area (Å²) < 4.78 is 0. The minimum absolute atomic E-state index is 0.366. The third-order valence-corrected chi connectivity index (χ3v) is 4.31. The fourth-order valence-corrected chi connectivity index (χ4v) is 2.84. The van der Waals surface area contributed by atoms with Gasteiger partial charge in [0.05, 0.1) is 0 Å². The minimum atomic E-state index is 0.366. The second-order valence-corrected chi connectivity index (χ2v) is 5.72. The first-order valence-electron chi connectivity index (χ1n) is 6.10. The number of hydrogen-bond acceptors (Lipinski definition) is 3. The number of nitrogens with zero attached hydrogens (tertiary/aromatic N) is 1. The summed E-state index contributed by atoms with van der Waals surface area (Å²) >= 11 is 1.77. The highest BCUT2D eigenvalue weighted by atomic mass is 32.1. The average molecular weight is 261 g/mol. The second kappa shape index (κ2) is 5.55. The summed E-state index contributed by atoms with van der Waals surface area (Å²) in [4.78, 5) is 3.60. The number of aromatic hydroxyl groups is 1. The van der Waals surface area contributed by atoms with Crippen LogP contribution in [0.25, 0.3) is 0 Å². The van der Waals surface area contributed by atoms with Crippen LogP contribution < -0.4 is 0 Å². The van der Waals surface area contributed by atoms with E-state index >= 15 is 0 Å². The van der Waals surface area contributed by atoms with Crippen molar-refractivity contribution in [3.63, 3.8) is 0 Å². The average Bonchev–Trinajstić information content (AvgIpc) is 2.86. The second-order valence-electron chi connectivity index (χ2n) is 4.74. The van der Waals surface area contributed by atoms with Crippen molar-refractivity contribution in [1.82, 2.24) is 4.90 Å². The minimum Gasteiger partial charge on any atom is -0.508 e. The van der Waals surface area contributed by atoms with Crippen LogP contribution in [0, 0.1) is 6.92 Å². The van der Waals surface area contributed by atoms with E-state index in [4.69, 9.17) is 0 Å². The van der Waals surface area contributed by atoms with E-state index in [0.29, 0.717) is 11.8 Å². The summed E-state index contributed by atoms with van der Waals surface area (Å²) in [5.74, 6) is 0.380. The van der Waals surface area contributed by atoms with Crippen LogP contribution in [0.2, 0.25) is 0 Å². The molecule has 1 heterocycles. The van der Waals surface area contributed by atoms with Gasteiger partial charge in [-0.15, -0.1) is 11.3 Å². The number of phenols is 1. The van der Waals surface area contributed by atoms with Crippen LogP contribution in [0.1, 0.15) is 29.0 Å². The smallest absolute Gasteiger partial charge is 0.120 e. The largest absolute Gasteiger partial charge is 0.508 e. The van der Waals surface area contributed by atoms with Crippen molar-refractivity contribution in [2.75, 3.05) is 7.05 Å². The normalized spacial score (nSPS) is 12.9. The van der Waals surface area contributed by atoms with E-state index < -0.39 is 0 Å². The van der Waals surface area contributed by atoms with Crippen molar-refractivity contribution in [1.29, 1.82) is 0 Å². The van der Waals surface area contributed by atoms with E-state index in [0.717, 1.165) is 12.1 Å². The Balaban J connectivity index is 2.11. The van der Waals surface area contributed by atoms with Gasteiger partial charge in [0.15, 0.2) is 0 Å². The molecule has 3 heteroatoms. The Morgan fingerprint density at radius 1 is 1.33 bits per heavy atom. The number of hydrogen-bond donors (Lipinski definition) is 1. The Morgan fingerprint density at radius 3 is 2.78 bits per heavy atom. The molecule has 0 bridgehead atoms. The highest BCUT2D eigenvalue weighted by Gasteiger charge is 2.14. The van der Waals surface area contributed by atoms with Gasteiger partial charge in [-0.1, -0.05) is 23.8 Å². The lowest BCUT2D eigenvalue weighted by atomic mass is 10.1. The summed E-state index contributed by atoms with van der Waals surface area (Å²) in [5, 5.41) is 12.0. The number of aryl methyl sites for hydroxylation is 1. The van der Waals surface area contributed by atoms with E-state index in [1.165, 1.54) is 10.4 Å². The van der Waals surface area contributed by atoms with Crippen LogP contribution in [-0.2, 0) is 6.54 Å². The Labute approximate surface area is 113 Å². The topological polar surface area (TPSA) is 23.5 Å². The molecule has 1 N–H and O–H groups in total. The Hall–Kier alpha value is -1.32. The molecule has 2 rings (SSSR count). The highest BCUT2D eigenvalue weighted by Crippen LogP contribution is 2.27. The van der Waals surface area contributed by atoms with E-state index in [1.54, 1.807) is 17.4 Å². The molecule has 0 aliphatic carbocycles. The number of rotatable bonds is 4. The number of phenolic OH excluding ortho intramolecular Hbond substituents is 1. The summed E-state index contributed by atoms with van der Waals surface area (Å²) in [6, 6.07) is 10.4. The first-order valence-corrected chi connectivity index (χ1v) is 6.98. The molecular weight excluding hydrogens is 242 g/mol. The van der Waals surface area contributed by atoms with Crippen LogP contribution in [0.3, 0.4) is 0 Å². The quantitative estimate of drug-likeness (QED) is 0.900. The standard InChI is InChI=1S/C15H19NOS/c1-11-6-7-14(17)13(9-11)10-16(3)12(2)15-5-4-8-18-15/h4-9,12,17H,10H2,1-3H3. The lowest BCUT2D eigenvalue weighted by Gasteiger charge is -2.24. The predicted molar refractivity (Wildman–Crippen MR) is 77.0 cm³/mol. The van der Waals surface area contributed by atoms with Gasteiger partial charge in [-0.3, -0.25) is 4.90 Å². The lowest BCUT2D eigenvalue weighted by molar-refractivity contribution is 0.253. The SMILES string of the molecule is Cc1ccc(O)c(CN(C)C(C)c2cccs2)c1. The third-order valence-electron chi connectivity index (χ3n) is 3.27. The summed E-state index contributed by atoms with van der Waals surface area (Å²) in [5.41, 5.74) is 2.17. The fourth-order valence-electron chi connectivity index (χ4n) is 1.99. The highest BCUT2D eigenvalue weighted by molar-refractivity contribution is 7.10. The zero-order valence-corrected chi connectivity index (χ0v) is 11.9. The van der Waals surface area contributed by atoms with Gasteiger partial charge >= 0.3 is 0 Å². The van der Waals surface area contributed by atoms with Crippen molar-refractivity contribution in [3.05, 3.63) is 51.7 Å². The van der Waals surface area contributed by atoms with E-state index in [1.807, 2.05) is 19.1 Å². The molecule has 96 valence electrons. The Bertz CT molecular complexity index is 507. The van der Waals surface area contributed by atoms with Crippen LogP contribution in [0.15, 0.2) is 35.7 Å². The molecule has 0 radical (unpaired) electrons. The van der Waals surface area contributed by atoms with Gasteiger partial charge in [0.2, 0.25) is 0 Å². The third kappa shape index (κ3) is 2.92. The zero-order chi connectivity index (χ0) is 13.1. The molecule has 0 saturated carbocycles. The molecule has 18 heavy (non-hydrogen) atoms. The maximum Gasteiger partial charge on any atom is 0.120 e. The first-order chi connectivity index (χ1) is 8.58. The fraction of sp³-hybridized carbons (Fsp3) is 0.333. The van der Waals surface area contributed by atoms with Gasteiger partial charge in [0, 0.05) is 23.0 Å². The maximum absolute atomic E-state index is 9.87. The predicted octanol–water partition coefficient (Wildman–Crippen LogP) is 3.96. The van der Waals surface area contributed by atoms with Crippen molar-refractivity contribution in [2.45, 2.75) is 26.4 Å². The number of thiophene rings is 1. The maximum atomic E-state index is 9.87. The van der Waals surface area contributed by atoms with Gasteiger partial charge in [-0.05, 0) is 38.4 Å². The van der Waals surface area contributed by atoms with Gasteiger partial charge < -0.3 is 5.11 Å². The molecule has 2 nitrogen and oxygen atoms in total. The van der Waals surface area contributed by atoms with Gasteiger partial charge in [0.25, 0.3) is 0 Å². The molecule has 1 aromatic heterocycles. The molecule has 2 aromatic rings. The van der Waals surface area contributed by atoms with Crippen LogP contribution in [-0.4, -0.2) is 17.1 Å². The monoisotopic (exact) mass is 261 g/mol. The number of benzene rings is 1. The van der Waals surface area contributed by atoms with Crippen molar-refractivity contribution >= 4 is 11.3 Å². The molecule has 0 fully saturated rings. The molecule has 1 unspecified atom stereocenters. The summed E-state index contributed by atoms with van der Waals surface area (Å²) in [6.45, 7) is 5.00. The molecular formula is C15H19NOS. The van der Waals surface area contributed by atoms with E-state index in [2.05, 4.69) is 36.4 Å². The Kier molecular flexibility index (Phi) is 4.04. The molecule has 1 atom stereocenters. The molecule has 0 amide bonds. The summed E-state index contributed by atoms with van der Waals surface area (Å²) in [7, 11) is 2.09. The van der Waals surface area contributed by atoms with Gasteiger partial charge in [-0.25, -0.2) is 0 Å². The van der Waals surface area contributed by atoms with Crippen molar-refractivity contribution in [3.8, 4) is 5.75 Å². The molecule has 1 aromatic carbocycles. The van der Waals surface area contributed by atoms with Crippen LogP contribution in [0.5, 0.6) is 5.75 Å². The zero-order valence-electron chi connectivity index (χ0n) is 11.1. The first kappa shape index (κ1) is 13.1. The van der Waals surface area contributed by atoms with E-state index in [9.17, 15) is 5.11 Å². The van der Waals surface area contributed by atoms with Gasteiger partial charge in [-0.2, -0.15) is 0 Å². The molecule has 0 saturated heterocycles. The van der Waals surface area contributed by atoms with Crippen molar-refractivity contribution in [2.24, 2.45) is 0 Å².